The van der Waals surface area contributed by atoms with E-state index in [1.165, 1.54) is 29.7 Å². The zero-order valence-corrected chi connectivity index (χ0v) is 20.6. The van der Waals surface area contributed by atoms with Crippen LogP contribution in [-0.4, -0.2) is 16.6 Å². The molecule has 3 unspecified atom stereocenters. The van der Waals surface area contributed by atoms with E-state index in [1.807, 2.05) is 0 Å². The maximum Gasteiger partial charge on any atom is 0.242 e. The topological polar surface area (TPSA) is 18.5 Å². The Morgan fingerprint density at radius 3 is 2.39 bits per heavy atom. The highest BCUT2D eigenvalue weighted by Crippen LogP contribution is 2.60. The zero-order chi connectivity index (χ0) is 20.3. The third-order valence-corrected chi connectivity index (χ3v) is 8.32. The van der Waals surface area contributed by atoms with Gasteiger partial charge in [0.1, 0.15) is 5.75 Å². The van der Waals surface area contributed by atoms with E-state index in [1.54, 1.807) is 0 Å². The highest BCUT2D eigenvalue weighted by atomic mass is 28.4. The molecule has 0 bridgehead atoms. The normalized spacial score (nSPS) is 31.5. The first kappa shape index (κ1) is 20.0. The highest BCUT2D eigenvalue weighted by Gasteiger charge is 2.52. The quantitative estimate of drug-likeness (QED) is 0.487. The molecule has 4 atom stereocenters. The van der Waals surface area contributed by atoms with Gasteiger partial charge in [-0.15, -0.1) is 0 Å². The van der Waals surface area contributed by atoms with Gasteiger partial charge in [0.2, 0.25) is 16.6 Å². The van der Waals surface area contributed by atoms with Crippen molar-refractivity contribution in [1.82, 2.24) is 0 Å². The summed E-state index contributed by atoms with van der Waals surface area (Å²) in [6.45, 7) is 16.1. The van der Waals surface area contributed by atoms with Crippen molar-refractivity contribution in [2.75, 3.05) is 0 Å². The average Bonchev–Trinajstić information content (AvgIpc) is 2.88. The first-order valence-electron chi connectivity index (χ1n) is 10.9. The number of rotatable bonds is 4. The molecule has 152 valence electrons. The van der Waals surface area contributed by atoms with E-state index in [0.29, 0.717) is 17.8 Å². The minimum Gasteiger partial charge on any atom is -0.547 e. The molecule has 28 heavy (non-hydrogen) atoms. The van der Waals surface area contributed by atoms with Crippen LogP contribution in [-0.2, 0) is 4.43 Å². The number of hydrogen-bond donors (Lipinski definition) is 0. The maximum atomic E-state index is 6.55. The second kappa shape index (κ2) is 6.63. The number of hydrogen-bond acceptors (Lipinski definition) is 2. The van der Waals surface area contributed by atoms with Gasteiger partial charge in [0.15, 0.2) is 0 Å². The minimum atomic E-state index is -1.57. The molecule has 1 saturated carbocycles. The first-order chi connectivity index (χ1) is 13.0. The van der Waals surface area contributed by atoms with Crippen molar-refractivity contribution < 1.29 is 8.85 Å². The zero-order valence-electron chi connectivity index (χ0n) is 18.6. The van der Waals surface area contributed by atoms with Crippen LogP contribution in [0.4, 0.5) is 0 Å². The lowest BCUT2D eigenvalue weighted by atomic mass is 9.57. The third-order valence-electron chi connectivity index (χ3n) is 6.64. The fourth-order valence-corrected chi connectivity index (χ4v) is 7.32. The Labute approximate surface area is 173 Å². The first-order valence-corrected chi connectivity index (χ1v) is 17.7. The summed E-state index contributed by atoms with van der Waals surface area (Å²) in [6, 6.07) is 6.81. The summed E-state index contributed by atoms with van der Waals surface area (Å²) in [5.74, 6) is 4.26. The van der Waals surface area contributed by atoms with Gasteiger partial charge in [0.05, 0.1) is 5.76 Å². The van der Waals surface area contributed by atoms with Crippen molar-refractivity contribution in [2.45, 2.75) is 71.4 Å². The molecule has 1 fully saturated rings. The number of benzene rings is 1. The van der Waals surface area contributed by atoms with E-state index in [4.69, 9.17) is 8.85 Å². The molecule has 1 aromatic rings. The second-order valence-corrected chi connectivity index (χ2v) is 20.0. The van der Waals surface area contributed by atoms with Crippen LogP contribution in [0.3, 0.4) is 0 Å². The maximum absolute atomic E-state index is 6.55. The summed E-state index contributed by atoms with van der Waals surface area (Å²) in [7, 11) is -3.14. The van der Waals surface area contributed by atoms with Crippen LogP contribution < -0.4 is 4.43 Å². The van der Waals surface area contributed by atoms with Crippen molar-refractivity contribution in [2.24, 2.45) is 17.3 Å². The van der Waals surface area contributed by atoms with Crippen molar-refractivity contribution in [3.63, 3.8) is 0 Å². The summed E-state index contributed by atoms with van der Waals surface area (Å²) >= 11 is 0. The standard InChI is InChI=1S/C24H36O2Si2/c1-24-15-14-20-19-11-9-18(25-27(2,3)4)16-17(19)8-10-21(20)22(24)12-13-23(24)26-28(5,6)7/h8-11,13,16,20-22H,12,14-15H2,1-7H3/t20?,21?,22?,24-/m0/s1. The van der Waals surface area contributed by atoms with Crippen LogP contribution in [0, 0.1) is 17.3 Å². The number of allylic oxidation sites excluding steroid dienone is 3. The molecule has 2 nitrogen and oxygen atoms in total. The van der Waals surface area contributed by atoms with Gasteiger partial charge in [0, 0.05) is 5.41 Å². The van der Waals surface area contributed by atoms with Gasteiger partial charge in [0.25, 0.3) is 0 Å². The lowest BCUT2D eigenvalue weighted by Gasteiger charge is -2.48. The largest absolute Gasteiger partial charge is 0.547 e. The van der Waals surface area contributed by atoms with Gasteiger partial charge in [-0.1, -0.05) is 25.1 Å². The Bertz CT molecular complexity index is 828. The molecular weight excluding hydrogens is 376 g/mol. The molecule has 3 aliphatic carbocycles. The van der Waals surface area contributed by atoms with Crippen LogP contribution >= 0.6 is 0 Å². The lowest BCUT2D eigenvalue weighted by Crippen LogP contribution is -2.41. The summed E-state index contributed by atoms with van der Waals surface area (Å²) in [5.41, 5.74) is 3.10. The van der Waals surface area contributed by atoms with Gasteiger partial charge >= 0.3 is 0 Å². The molecule has 0 aliphatic heterocycles. The predicted molar refractivity (Wildman–Crippen MR) is 124 cm³/mol. The molecule has 0 spiro atoms. The van der Waals surface area contributed by atoms with Crippen LogP contribution in [0.25, 0.3) is 6.08 Å². The molecule has 0 heterocycles. The summed E-state index contributed by atoms with van der Waals surface area (Å²) < 4.78 is 12.8. The van der Waals surface area contributed by atoms with Crippen LogP contribution in [0.15, 0.2) is 36.1 Å². The fraction of sp³-hybridized carbons (Fsp3) is 0.583. The van der Waals surface area contributed by atoms with Crippen molar-refractivity contribution in [3.8, 4) is 5.75 Å². The van der Waals surface area contributed by atoms with E-state index in [2.05, 4.69) is 82.6 Å². The molecule has 1 aromatic carbocycles. The Morgan fingerprint density at radius 1 is 1.00 bits per heavy atom. The van der Waals surface area contributed by atoms with Crippen LogP contribution in [0.5, 0.6) is 5.75 Å². The second-order valence-electron chi connectivity index (χ2n) is 11.1. The van der Waals surface area contributed by atoms with E-state index in [0.717, 1.165) is 12.2 Å². The van der Waals surface area contributed by atoms with E-state index < -0.39 is 16.6 Å². The Morgan fingerprint density at radius 2 is 1.71 bits per heavy atom. The summed E-state index contributed by atoms with van der Waals surface area (Å²) in [6.07, 6.45) is 10.9. The highest BCUT2D eigenvalue weighted by molar-refractivity contribution is 6.70. The van der Waals surface area contributed by atoms with Gasteiger partial charge in [-0.05, 0) is 106 Å². The number of fused-ring (bicyclic) bond motifs is 5. The Kier molecular flexibility index (Phi) is 4.74. The minimum absolute atomic E-state index is 0.212. The van der Waals surface area contributed by atoms with Gasteiger partial charge in [-0.2, -0.15) is 0 Å². The molecule has 0 saturated heterocycles. The molecular formula is C24H36O2Si2. The predicted octanol–water partition coefficient (Wildman–Crippen LogP) is 7.18. The van der Waals surface area contributed by atoms with E-state index in [9.17, 15) is 0 Å². The molecule has 4 rings (SSSR count). The van der Waals surface area contributed by atoms with E-state index >= 15 is 0 Å². The molecule has 0 N–H and O–H groups in total. The molecule has 0 amide bonds. The fourth-order valence-electron chi connectivity index (χ4n) is 5.51. The summed E-state index contributed by atoms with van der Waals surface area (Å²) in [5, 5.41) is 0. The van der Waals surface area contributed by atoms with Gasteiger partial charge < -0.3 is 8.85 Å². The molecule has 0 aromatic heterocycles. The average molecular weight is 413 g/mol. The van der Waals surface area contributed by atoms with Crippen molar-refractivity contribution in [1.29, 1.82) is 0 Å². The molecule has 4 heteroatoms. The van der Waals surface area contributed by atoms with Gasteiger partial charge in [-0.3, -0.25) is 0 Å². The molecule has 0 radical (unpaired) electrons. The SMILES string of the molecule is C[C@]12CCC3c4ccc(O[Si](C)(C)C)cc4C=CC3C1CC=C2O[Si](C)(C)C. The smallest absolute Gasteiger partial charge is 0.242 e. The van der Waals surface area contributed by atoms with Gasteiger partial charge in [-0.25, -0.2) is 0 Å². The monoisotopic (exact) mass is 412 g/mol. The van der Waals surface area contributed by atoms with Crippen LogP contribution in [0.1, 0.15) is 43.2 Å². The molecule has 3 aliphatic rings. The Hall–Kier alpha value is -1.27. The van der Waals surface area contributed by atoms with Crippen molar-refractivity contribution >= 4 is 22.7 Å². The van der Waals surface area contributed by atoms with Crippen LogP contribution in [0.2, 0.25) is 39.3 Å². The lowest BCUT2D eigenvalue weighted by molar-refractivity contribution is 0.0812. The summed E-state index contributed by atoms with van der Waals surface area (Å²) in [4.78, 5) is 0. The van der Waals surface area contributed by atoms with Crippen molar-refractivity contribution in [3.05, 3.63) is 47.2 Å². The van der Waals surface area contributed by atoms with E-state index in [-0.39, 0.29) is 5.41 Å². The Balaban J connectivity index is 1.59. The third kappa shape index (κ3) is 3.66.